The number of benzene rings is 1. The highest BCUT2D eigenvalue weighted by Gasteiger charge is 1.96. The summed E-state index contributed by atoms with van der Waals surface area (Å²) < 4.78 is 0. The van der Waals surface area contributed by atoms with E-state index in [1.165, 1.54) is 10.9 Å². The fraction of sp³-hybridized carbons (Fsp3) is 0.0588. The number of pyridine rings is 2. The molecule has 3 rings (SSSR count). The Labute approximate surface area is 112 Å². The molecule has 0 saturated carbocycles. The maximum atomic E-state index is 4.65. The molecule has 0 amide bonds. The second kappa shape index (κ2) is 5.02. The summed E-state index contributed by atoms with van der Waals surface area (Å²) in [5.41, 5.74) is 4.36. The molecule has 0 bridgehead atoms. The predicted molar refractivity (Wildman–Crippen MR) is 79.6 cm³/mol. The number of aromatic nitrogens is 2. The van der Waals surface area contributed by atoms with Gasteiger partial charge in [-0.25, -0.2) is 4.98 Å². The number of hydrogen-bond acceptors (Lipinski definition) is 2. The lowest BCUT2D eigenvalue weighted by Crippen LogP contribution is -1.84. The van der Waals surface area contributed by atoms with Crippen molar-refractivity contribution >= 4 is 23.1 Å². The highest BCUT2D eigenvalue weighted by atomic mass is 14.7. The fourth-order valence-electron chi connectivity index (χ4n) is 1.99. The van der Waals surface area contributed by atoms with Crippen molar-refractivity contribution in [2.45, 2.75) is 6.92 Å². The molecule has 1 aromatic carbocycles. The van der Waals surface area contributed by atoms with Crippen molar-refractivity contribution in [3.8, 4) is 0 Å². The van der Waals surface area contributed by atoms with Crippen LogP contribution in [0.4, 0.5) is 0 Å². The molecule has 0 aliphatic rings. The quantitative estimate of drug-likeness (QED) is 0.680. The molecule has 0 aliphatic heterocycles. The minimum atomic E-state index is 0.968. The molecule has 2 aromatic heterocycles. The van der Waals surface area contributed by atoms with E-state index in [0.717, 1.165) is 16.8 Å². The third-order valence-corrected chi connectivity index (χ3v) is 3.02. The third kappa shape index (κ3) is 2.68. The Morgan fingerprint density at radius 3 is 2.53 bits per heavy atom. The van der Waals surface area contributed by atoms with E-state index in [1.54, 1.807) is 12.4 Å². The second-order valence-corrected chi connectivity index (χ2v) is 4.55. The van der Waals surface area contributed by atoms with Crippen molar-refractivity contribution in [2.24, 2.45) is 0 Å². The van der Waals surface area contributed by atoms with Gasteiger partial charge in [0.2, 0.25) is 0 Å². The average molecular weight is 246 g/mol. The van der Waals surface area contributed by atoms with Crippen LogP contribution < -0.4 is 0 Å². The van der Waals surface area contributed by atoms with Crippen molar-refractivity contribution in [3.63, 3.8) is 0 Å². The molecule has 0 spiro atoms. The van der Waals surface area contributed by atoms with Gasteiger partial charge < -0.3 is 0 Å². The molecule has 0 radical (unpaired) electrons. The molecular formula is C17H14N2. The van der Waals surface area contributed by atoms with Crippen LogP contribution in [-0.2, 0) is 0 Å². The number of nitrogens with zero attached hydrogens (tertiary/aromatic N) is 2. The van der Waals surface area contributed by atoms with Gasteiger partial charge in [-0.1, -0.05) is 24.3 Å². The highest BCUT2D eigenvalue weighted by molar-refractivity contribution is 5.81. The van der Waals surface area contributed by atoms with Crippen molar-refractivity contribution in [1.82, 2.24) is 9.97 Å². The van der Waals surface area contributed by atoms with Crippen LogP contribution >= 0.6 is 0 Å². The molecule has 0 N–H and O–H groups in total. The summed E-state index contributed by atoms with van der Waals surface area (Å²) in [5, 5.41) is 1.17. The van der Waals surface area contributed by atoms with Gasteiger partial charge in [0.15, 0.2) is 0 Å². The van der Waals surface area contributed by atoms with Crippen LogP contribution in [0.15, 0.2) is 54.9 Å². The molecule has 92 valence electrons. The first kappa shape index (κ1) is 11.6. The van der Waals surface area contributed by atoms with Crippen LogP contribution in [0.1, 0.15) is 16.8 Å². The highest BCUT2D eigenvalue weighted by Crippen LogP contribution is 2.15. The van der Waals surface area contributed by atoms with E-state index in [2.05, 4.69) is 41.2 Å². The van der Waals surface area contributed by atoms with Crippen molar-refractivity contribution < 1.29 is 0 Å². The normalized spacial score (nSPS) is 11.2. The van der Waals surface area contributed by atoms with E-state index in [9.17, 15) is 0 Å². The topological polar surface area (TPSA) is 25.8 Å². The molecule has 0 fully saturated rings. The smallest absolute Gasteiger partial charge is 0.0711 e. The van der Waals surface area contributed by atoms with Gasteiger partial charge in [-0.2, -0.15) is 0 Å². The second-order valence-electron chi connectivity index (χ2n) is 4.55. The zero-order valence-corrected chi connectivity index (χ0v) is 10.7. The molecule has 0 aliphatic carbocycles. The van der Waals surface area contributed by atoms with E-state index in [4.69, 9.17) is 0 Å². The summed E-state index contributed by atoms with van der Waals surface area (Å²) in [7, 11) is 0. The number of fused-ring (bicyclic) bond motifs is 1. The van der Waals surface area contributed by atoms with Crippen LogP contribution in [0.3, 0.4) is 0 Å². The van der Waals surface area contributed by atoms with E-state index < -0.39 is 0 Å². The van der Waals surface area contributed by atoms with Crippen LogP contribution in [0.5, 0.6) is 0 Å². The van der Waals surface area contributed by atoms with Gasteiger partial charge in [-0.3, -0.25) is 4.98 Å². The van der Waals surface area contributed by atoms with Gasteiger partial charge in [0, 0.05) is 17.8 Å². The zero-order chi connectivity index (χ0) is 13.1. The van der Waals surface area contributed by atoms with E-state index in [-0.39, 0.29) is 0 Å². The number of hydrogen-bond donors (Lipinski definition) is 0. The largest absolute Gasteiger partial charge is 0.265 e. The summed E-state index contributed by atoms with van der Waals surface area (Å²) >= 11 is 0. The number of rotatable bonds is 2. The Morgan fingerprint density at radius 2 is 1.68 bits per heavy atom. The zero-order valence-electron chi connectivity index (χ0n) is 10.7. The molecule has 19 heavy (non-hydrogen) atoms. The summed E-state index contributed by atoms with van der Waals surface area (Å²) in [4.78, 5) is 8.65. The van der Waals surface area contributed by atoms with Crippen molar-refractivity contribution in [2.75, 3.05) is 0 Å². The SMILES string of the molecule is Cc1ccc2ccc(/C=C/c3ccncc3)nc2c1. The lowest BCUT2D eigenvalue weighted by molar-refractivity contribution is 1.32. The Morgan fingerprint density at radius 1 is 0.895 bits per heavy atom. The van der Waals surface area contributed by atoms with Crippen molar-refractivity contribution in [3.05, 3.63) is 71.7 Å². The Kier molecular flexibility index (Phi) is 3.07. The molecular weight excluding hydrogens is 232 g/mol. The van der Waals surface area contributed by atoms with E-state index in [1.807, 2.05) is 30.4 Å². The van der Waals surface area contributed by atoms with Gasteiger partial charge in [0.1, 0.15) is 0 Å². The first-order valence-electron chi connectivity index (χ1n) is 6.27. The monoisotopic (exact) mass is 246 g/mol. The van der Waals surface area contributed by atoms with Gasteiger partial charge in [-0.15, -0.1) is 0 Å². The molecule has 0 unspecified atom stereocenters. The first-order chi connectivity index (χ1) is 9.31. The lowest BCUT2D eigenvalue weighted by atomic mass is 10.1. The molecule has 2 heteroatoms. The summed E-state index contributed by atoms with van der Waals surface area (Å²) in [5.74, 6) is 0. The first-order valence-corrected chi connectivity index (χ1v) is 6.27. The van der Waals surface area contributed by atoms with Gasteiger partial charge in [-0.05, 0) is 48.4 Å². The molecule has 0 atom stereocenters. The molecule has 2 nitrogen and oxygen atoms in total. The van der Waals surface area contributed by atoms with Crippen LogP contribution in [0.25, 0.3) is 23.1 Å². The fourth-order valence-corrected chi connectivity index (χ4v) is 1.99. The van der Waals surface area contributed by atoms with Crippen molar-refractivity contribution in [1.29, 1.82) is 0 Å². The maximum absolute atomic E-state index is 4.65. The van der Waals surface area contributed by atoms with E-state index in [0.29, 0.717) is 0 Å². The Bertz CT molecular complexity index is 731. The Hall–Kier alpha value is -2.48. The lowest BCUT2D eigenvalue weighted by Gasteiger charge is -2.00. The summed E-state index contributed by atoms with van der Waals surface area (Å²) in [6.07, 6.45) is 7.65. The molecule has 3 aromatic rings. The van der Waals surface area contributed by atoms with Gasteiger partial charge >= 0.3 is 0 Å². The molecule has 2 heterocycles. The average Bonchev–Trinajstić information content (AvgIpc) is 2.46. The van der Waals surface area contributed by atoms with Crippen LogP contribution in [-0.4, -0.2) is 9.97 Å². The summed E-state index contributed by atoms with van der Waals surface area (Å²) in [6, 6.07) is 14.4. The maximum Gasteiger partial charge on any atom is 0.0711 e. The van der Waals surface area contributed by atoms with E-state index >= 15 is 0 Å². The third-order valence-electron chi connectivity index (χ3n) is 3.02. The summed E-state index contributed by atoms with van der Waals surface area (Å²) in [6.45, 7) is 2.08. The van der Waals surface area contributed by atoms with Crippen LogP contribution in [0.2, 0.25) is 0 Å². The predicted octanol–water partition coefficient (Wildman–Crippen LogP) is 4.11. The van der Waals surface area contributed by atoms with Gasteiger partial charge in [0.05, 0.1) is 11.2 Å². The molecule has 0 saturated heterocycles. The van der Waals surface area contributed by atoms with Crippen LogP contribution in [0, 0.1) is 6.92 Å². The number of aryl methyl sites for hydroxylation is 1. The van der Waals surface area contributed by atoms with Gasteiger partial charge in [0.25, 0.3) is 0 Å². The minimum absolute atomic E-state index is 0.968. The standard InChI is InChI=1S/C17H14N2/c1-13-2-4-15-5-7-16(19-17(15)12-13)6-3-14-8-10-18-11-9-14/h2-12H,1H3/b6-3+. The Balaban J connectivity index is 1.95. The minimum Gasteiger partial charge on any atom is -0.265 e.